The van der Waals surface area contributed by atoms with Crippen molar-refractivity contribution in [3.63, 3.8) is 0 Å². The number of anilines is 1. The van der Waals surface area contributed by atoms with Gasteiger partial charge in [-0.1, -0.05) is 55.5 Å². The van der Waals surface area contributed by atoms with Crippen molar-refractivity contribution in [3.05, 3.63) is 84.4 Å². The van der Waals surface area contributed by atoms with E-state index in [0.29, 0.717) is 31.1 Å². The Bertz CT molecular complexity index is 1410. The largest absolute Gasteiger partial charge is 0.486 e. The van der Waals surface area contributed by atoms with Crippen LogP contribution < -0.4 is 19.1 Å². The van der Waals surface area contributed by atoms with Crippen molar-refractivity contribution in [2.24, 2.45) is 0 Å². The van der Waals surface area contributed by atoms with Gasteiger partial charge in [-0.05, 0) is 50.1 Å². The first-order valence-electron chi connectivity index (χ1n) is 13.3. The van der Waals surface area contributed by atoms with Crippen molar-refractivity contribution in [2.45, 2.75) is 50.7 Å². The number of sulfonamides is 1. The zero-order valence-electron chi connectivity index (χ0n) is 22.9. The van der Waals surface area contributed by atoms with Crippen molar-refractivity contribution in [1.29, 1.82) is 0 Å². The Balaban J connectivity index is 1.75. The second kappa shape index (κ2) is 12.9. The van der Waals surface area contributed by atoms with Crippen LogP contribution in [0.25, 0.3) is 0 Å². The predicted molar refractivity (Wildman–Crippen MR) is 153 cm³/mol. The normalized spacial score (nSPS) is 13.4. The van der Waals surface area contributed by atoms with Gasteiger partial charge in [0.15, 0.2) is 11.5 Å². The topological polar surface area (TPSA) is 105 Å². The van der Waals surface area contributed by atoms with Gasteiger partial charge >= 0.3 is 0 Å². The average Bonchev–Trinajstić information content (AvgIpc) is 2.96. The van der Waals surface area contributed by atoms with E-state index in [4.69, 9.17) is 9.47 Å². The Kier molecular flexibility index (Phi) is 9.31. The molecule has 1 N–H and O–H groups in total. The van der Waals surface area contributed by atoms with Crippen LogP contribution in [0.2, 0.25) is 0 Å². The van der Waals surface area contributed by atoms with Crippen LogP contribution in [-0.4, -0.2) is 57.0 Å². The van der Waals surface area contributed by atoms with Gasteiger partial charge in [-0.25, -0.2) is 8.42 Å². The highest BCUT2D eigenvalue weighted by Gasteiger charge is 2.34. The first kappa shape index (κ1) is 28.9. The van der Waals surface area contributed by atoms with E-state index in [9.17, 15) is 18.0 Å². The number of rotatable bonds is 11. The van der Waals surface area contributed by atoms with Crippen LogP contribution in [-0.2, 0) is 26.2 Å². The number of fused-ring (bicyclic) bond motifs is 1. The maximum atomic E-state index is 14.1. The predicted octanol–water partition coefficient (Wildman–Crippen LogP) is 3.99. The quantitative estimate of drug-likeness (QED) is 0.377. The molecule has 0 saturated heterocycles. The van der Waals surface area contributed by atoms with E-state index in [-0.39, 0.29) is 29.1 Å². The van der Waals surface area contributed by atoms with Crippen LogP contribution in [0, 0.1) is 0 Å². The molecular formula is C30H35N3O6S. The molecule has 40 heavy (non-hydrogen) atoms. The fourth-order valence-electron chi connectivity index (χ4n) is 4.52. The molecule has 3 aromatic rings. The summed E-state index contributed by atoms with van der Waals surface area (Å²) in [5, 5.41) is 2.90. The van der Waals surface area contributed by atoms with E-state index in [1.165, 1.54) is 17.0 Å². The van der Waals surface area contributed by atoms with Crippen molar-refractivity contribution in [1.82, 2.24) is 10.2 Å². The highest BCUT2D eigenvalue weighted by atomic mass is 32.2. The van der Waals surface area contributed by atoms with Gasteiger partial charge in [-0.2, -0.15) is 0 Å². The smallest absolute Gasteiger partial charge is 0.264 e. The standard InChI is InChI=1S/C30H35N3O6S/c1-4-26(30(35)31-22(2)3)32(20-23-11-7-5-8-12-23)29(34)21-33(40(36,37)25-13-9-6-10-14-25)24-15-16-27-28(19-24)39-18-17-38-27/h5-16,19,22,26H,4,17-18,20-21H2,1-3H3,(H,31,35)/t26-/m0/s1. The van der Waals surface area contributed by atoms with Crippen molar-refractivity contribution >= 4 is 27.5 Å². The minimum atomic E-state index is -4.16. The SMILES string of the molecule is CC[C@@H](C(=O)NC(C)C)N(Cc1ccccc1)C(=O)CN(c1ccc2c(c1)OCCO2)S(=O)(=O)c1ccccc1. The number of nitrogens with one attached hydrogen (secondary N) is 1. The summed E-state index contributed by atoms with van der Waals surface area (Å²) in [7, 11) is -4.16. The molecule has 4 rings (SSSR count). The number of hydrogen-bond acceptors (Lipinski definition) is 6. The second-order valence-electron chi connectivity index (χ2n) is 9.75. The van der Waals surface area contributed by atoms with E-state index in [2.05, 4.69) is 5.32 Å². The van der Waals surface area contributed by atoms with Gasteiger partial charge < -0.3 is 19.7 Å². The molecule has 0 spiro atoms. The fourth-order valence-corrected chi connectivity index (χ4v) is 5.94. The molecule has 1 atom stereocenters. The molecule has 3 aromatic carbocycles. The van der Waals surface area contributed by atoms with Crippen LogP contribution in [0.1, 0.15) is 32.8 Å². The molecule has 0 unspecified atom stereocenters. The number of carbonyl (C=O) groups excluding carboxylic acids is 2. The summed E-state index contributed by atoms with van der Waals surface area (Å²) in [6.07, 6.45) is 0.354. The van der Waals surface area contributed by atoms with Gasteiger partial charge in [0.1, 0.15) is 25.8 Å². The third kappa shape index (κ3) is 6.74. The molecule has 1 aliphatic rings. The molecule has 1 heterocycles. The van der Waals surface area contributed by atoms with E-state index < -0.39 is 28.5 Å². The molecule has 9 nitrogen and oxygen atoms in total. The minimum Gasteiger partial charge on any atom is -0.486 e. The number of amides is 2. The molecule has 212 valence electrons. The summed E-state index contributed by atoms with van der Waals surface area (Å²) in [6, 6.07) is 21.1. The summed E-state index contributed by atoms with van der Waals surface area (Å²) < 4.78 is 40.2. The van der Waals surface area contributed by atoms with Gasteiger partial charge in [0.05, 0.1) is 10.6 Å². The van der Waals surface area contributed by atoms with Gasteiger partial charge in [-0.3, -0.25) is 13.9 Å². The monoisotopic (exact) mass is 565 g/mol. The van der Waals surface area contributed by atoms with Crippen molar-refractivity contribution in [2.75, 3.05) is 24.1 Å². The number of hydrogen-bond donors (Lipinski definition) is 1. The molecule has 0 aliphatic carbocycles. The maximum absolute atomic E-state index is 14.1. The number of benzene rings is 3. The van der Waals surface area contributed by atoms with Gasteiger partial charge in [0, 0.05) is 18.7 Å². The molecule has 0 aromatic heterocycles. The molecule has 1 aliphatic heterocycles. The number of carbonyl (C=O) groups is 2. The Morgan fingerprint density at radius 2 is 1.52 bits per heavy atom. The van der Waals surface area contributed by atoms with Crippen LogP contribution in [0.5, 0.6) is 11.5 Å². The number of ether oxygens (including phenoxy) is 2. The summed E-state index contributed by atoms with van der Waals surface area (Å²) >= 11 is 0. The first-order chi connectivity index (χ1) is 19.2. The van der Waals surface area contributed by atoms with Crippen LogP contribution in [0.3, 0.4) is 0 Å². The Labute approximate surface area is 235 Å². The lowest BCUT2D eigenvalue weighted by Crippen LogP contribution is -2.53. The maximum Gasteiger partial charge on any atom is 0.264 e. The summed E-state index contributed by atoms with van der Waals surface area (Å²) in [4.78, 5) is 28.8. The lowest BCUT2D eigenvalue weighted by atomic mass is 10.1. The fraction of sp³-hybridized carbons (Fsp3) is 0.333. The number of nitrogens with zero attached hydrogens (tertiary/aromatic N) is 2. The first-order valence-corrected chi connectivity index (χ1v) is 14.8. The van der Waals surface area contributed by atoms with Crippen LogP contribution in [0.15, 0.2) is 83.8 Å². The van der Waals surface area contributed by atoms with E-state index in [1.54, 1.807) is 36.4 Å². The molecule has 0 bridgehead atoms. The van der Waals surface area contributed by atoms with E-state index in [0.717, 1.165) is 9.87 Å². The lowest BCUT2D eigenvalue weighted by molar-refractivity contribution is -0.140. The Morgan fingerprint density at radius 1 is 0.900 bits per heavy atom. The molecule has 0 saturated carbocycles. The van der Waals surface area contributed by atoms with Crippen molar-refractivity contribution in [3.8, 4) is 11.5 Å². The Hall–Kier alpha value is -4.05. The van der Waals surface area contributed by atoms with Gasteiger partial charge in [0.2, 0.25) is 11.8 Å². The molecular weight excluding hydrogens is 530 g/mol. The van der Waals surface area contributed by atoms with Gasteiger partial charge in [0.25, 0.3) is 10.0 Å². The minimum absolute atomic E-state index is 0.0388. The highest BCUT2D eigenvalue weighted by molar-refractivity contribution is 7.92. The van der Waals surface area contributed by atoms with Crippen molar-refractivity contribution < 1.29 is 27.5 Å². The third-order valence-corrected chi connectivity index (χ3v) is 8.22. The second-order valence-corrected chi connectivity index (χ2v) is 11.6. The summed E-state index contributed by atoms with van der Waals surface area (Å²) in [5.41, 5.74) is 1.07. The van der Waals surface area contributed by atoms with E-state index in [1.807, 2.05) is 51.1 Å². The molecule has 10 heteroatoms. The lowest BCUT2D eigenvalue weighted by Gasteiger charge is -2.33. The van der Waals surface area contributed by atoms with E-state index >= 15 is 0 Å². The van der Waals surface area contributed by atoms with Crippen LogP contribution in [0.4, 0.5) is 5.69 Å². The molecule has 2 amide bonds. The van der Waals surface area contributed by atoms with Gasteiger partial charge in [-0.15, -0.1) is 0 Å². The highest BCUT2D eigenvalue weighted by Crippen LogP contribution is 2.36. The third-order valence-electron chi connectivity index (χ3n) is 6.44. The zero-order valence-corrected chi connectivity index (χ0v) is 23.8. The molecule has 0 radical (unpaired) electrons. The average molecular weight is 566 g/mol. The zero-order chi connectivity index (χ0) is 28.7. The van der Waals surface area contributed by atoms with Crippen LogP contribution >= 0.6 is 0 Å². The summed E-state index contributed by atoms with van der Waals surface area (Å²) in [5.74, 6) is 0.0939. The Morgan fingerprint density at radius 3 is 2.15 bits per heavy atom. The molecule has 0 fully saturated rings. The summed E-state index contributed by atoms with van der Waals surface area (Å²) in [6.45, 7) is 5.87.